The molecule has 1 saturated heterocycles. The number of carbonyl (C=O) groups excluding carboxylic acids is 2. The van der Waals surface area contributed by atoms with Crippen molar-refractivity contribution in [3.8, 4) is 0 Å². The number of amides is 1. The van der Waals surface area contributed by atoms with E-state index < -0.39 is 6.10 Å². The van der Waals surface area contributed by atoms with Gasteiger partial charge < -0.3 is 19.7 Å². The monoisotopic (exact) mass is 412 g/mol. The van der Waals surface area contributed by atoms with Crippen LogP contribution < -0.4 is 10.2 Å². The summed E-state index contributed by atoms with van der Waals surface area (Å²) in [4.78, 5) is 28.0. The number of carbonyl (C=O) groups is 2. The van der Waals surface area contributed by atoms with Crippen LogP contribution >= 0.6 is 0 Å². The van der Waals surface area contributed by atoms with E-state index in [0.717, 1.165) is 56.9 Å². The summed E-state index contributed by atoms with van der Waals surface area (Å²) in [6.07, 6.45) is 5.92. The van der Waals surface area contributed by atoms with E-state index >= 15 is 0 Å². The lowest BCUT2D eigenvalue weighted by Crippen LogP contribution is -2.51. The number of rotatable bonds is 5. The highest BCUT2D eigenvalue weighted by atomic mass is 16.5. The topological polar surface area (TPSA) is 67.9 Å². The maximum absolute atomic E-state index is 13.1. The summed E-state index contributed by atoms with van der Waals surface area (Å²) in [6, 6.07) is 7.81. The molecular formula is C24H32N2O4. The third kappa shape index (κ3) is 3.82. The molecule has 6 rings (SSSR count). The third-order valence-electron chi connectivity index (χ3n) is 7.64. The molecule has 4 saturated carbocycles. The first-order valence-corrected chi connectivity index (χ1v) is 11.5. The van der Waals surface area contributed by atoms with Crippen LogP contribution in [0.1, 0.15) is 45.4 Å². The van der Waals surface area contributed by atoms with Gasteiger partial charge in [-0.2, -0.15) is 0 Å². The lowest BCUT2D eigenvalue weighted by molar-refractivity contribution is -0.177. The Bertz CT molecular complexity index is 765. The fraction of sp³-hybridized carbons (Fsp3) is 0.667. The molecule has 30 heavy (non-hydrogen) atoms. The molecule has 1 heterocycles. The average molecular weight is 413 g/mol. The van der Waals surface area contributed by atoms with E-state index in [1.165, 1.54) is 19.3 Å². The standard InChI is InChI=1S/C24H32N2O4/c1-16(30-23(28)24-13-17-10-18(14-24)12-19(11-17)15-24)22(27)25-20-2-4-21(5-3-20)26-6-8-29-9-7-26/h2-5,16-19H,6-15H2,1H3,(H,25,27)/t16-,17?,18?,19?,24?/m1/s1. The molecule has 6 heteroatoms. The van der Waals surface area contributed by atoms with Crippen molar-refractivity contribution in [2.75, 3.05) is 36.5 Å². The highest BCUT2D eigenvalue weighted by molar-refractivity contribution is 5.95. The van der Waals surface area contributed by atoms with Crippen molar-refractivity contribution in [3.63, 3.8) is 0 Å². The Labute approximate surface area is 178 Å². The van der Waals surface area contributed by atoms with Gasteiger partial charge in [0, 0.05) is 24.5 Å². The Kier molecular flexibility index (Phi) is 5.21. The number of nitrogens with one attached hydrogen (secondary N) is 1. The number of ether oxygens (including phenoxy) is 2. The number of nitrogens with zero attached hydrogens (tertiary/aromatic N) is 1. The van der Waals surface area contributed by atoms with Gasteiger partial charge >= 0.3 is 5.97 Å². The highest BCUT2D eigenvalue weighted by Gasteiger charge is 2.55. The van der Waals surface area contributed by atoms with E-state index in [9.17, 15) is 9.59 Å². The molecule has 5 fully saturated rings. The van der Waals surface area contributed by atoms with Crippen molar-refractivity contribution in [3.05, 3.63) is 24.3 Å². The van der Waals surface area contributed by atoms with Gasteiger partial charge in [-0.1, -0.05) is 0 Å². The van der Waals surface area contributed by atoms with Crippen molar-refractivity contribution in [2.45, 2.75) is 51.6 Å². The molecule has 162 valence electrons. The number of hydrogen-bond donors (Lipinski definition) is 1. The fourth-order valence-corrected chi connectivity index (χ4v) is 6.52. The third-order valence-corrected chi connectivity index (χ3v) is 7.64. The largest absolute Gasteiger partial charge is 0.452 e. The minimum Gasteiger partial charge on any atom is -0.452 e. The van der Waals surface area contributed by atoms with Crippen LogP contribution in [0.5, 0.6) is 0 Å². The average Bonchev–Trinajstić information content (AvgIpc) is 2.74. The van der Waals surface area contributed by atoms with Crippen molar-refractivity contribution in [1.82, 2.24) is 0 Å². The smallest absolute Gasteiger partial charge is 0.312 e. The van der Waals surface area contributed by atoms with E-state index in [-0.39, 0.29) is 17.3 Å². The summed E-state index contributed by atoms with van der Waals surface area (Å²) in [5.41, 5.74) is 1.51. The summed E-state index contributed by atoms with van der Waals surface area (Å²) in [7, 11) is 0. The number of anilines is 2. The first-order chi connectivity index (χ1) is 14.5. The van der Waals surface area contributed by atoms with E-state index in [1.54, 1.807) is 6.92 Å². The Morgan fingerprint density at radius 1 is 1.03 bits per heavy atom. The van der Waals surface area contributed by atoms with E-state index in [0.29, 0.717) is 17.8 Å². The van der Waals surface area contributed by atoms with Crippen LogP contribution in [-0.4, -0.2) is 44.3 Å². The second-order valence-electron chi connectivity index (χ2n) is 9.88. The second-order valence-corrected chi connectivity index (χ2v) is 9.88. The molecule has 1 N–H and O–H groups in total. The van der Waals surface area contributed by atoms with Gasteiger partial charge in [0.05, 0.1) is 18.6 Å². The number of esters is 1. The summed E-state index contributed by atoms with van der Waals surface area (Å²) in [5, 5.41) is 2.89. The number of benzene rings is 1. The van der Waals surface area contributed by atoms with Gasteiger partial charge in [0.15, 0.2) is 6.10 Å². The van der Waals surface area contributed by atoms with Gasteiger partial charge in [0.1, 0.15) is 0 Å². The fourth-order valence-electron chi connectivity index (χ4n) is 6.52. The van der Waals surface area contributed by atoms with Gasteiger partial charge in [-0.05, 0) is 87.5 Å². The lowest BCUT2D eigenvalue weighted by Gasteiger charge is -2.55. The van der Waals surface area contributed by atoms with Crippen molar-refractivity contribution >= 4 is 23.3 Å². The van der Waals surface area contributed by atoms with Crippen LogP contribution in [0.2, 0.25) is 0 Å². The molecule has 0 spiro atoms. The number of morpholine rings is 1. The second kappa shape index (κ2) is 7.88. The number of hydrogen-bond acceptors (Lipinski definition) is 5. The molecule has 1 atom stereocenters. The molecule has 0 aromatic heterocycles. The van der Waals surface area contributed by atoms with Gasteiger partial charge in [-0.3, -0.25) is 9.59 Å². The van der Waals surface area contributed by atoms with Gasteiger partial charge in [-0.25, -0.2) is 0 Å². The van der Waals surface area contributed by atoms with E-state index in [2.05, 4.69) is 10.2 Å². The van der Waals surface area contributed by atoms with Crippen LogP contribution in [0.3, 0.4) is 0 Å². The van der Waals surface area contributed by atoms with Crippen LogP contribution in [-0.2, 0) is 19.1 Å². The van der Waals surface area contributed by atoms with Crippen molar-refractivity contribution in [2.24, 2.45) is 23.2 Å². The Balaban J connectivity index is 1.17. The van der Waals surface area contributed by atoms with Crippen LogP contribution in [0.25, 0.3) is 0 Å². The molecule has 4 aliphatic carbocycles. The van der Waals surface area contributed by atoms with E-state index in [4.69, 9.17) is 9.47 Å². The Morgan fingerprint density at radius 3 is 2.17 bits per heavy atom. The van der Waals surface area contributed by atoms with Crippen LogP contribution in [0, 0.1) is 23.2 Å². The zero-order valence-corrected chi connectivity index (χ0v) is 17.8. The Morgan fingerprint density at radius 2 is 1.60 bits per heavy atom. The molecule has 1 aromatic carbocycles. The van der Waals surface area contributed by atoms with Gasteiger partial charge in [0.25, 0.3) is 5.91 Å². The normalized spacial score (nSPS) is 33.2. The van der Waals surface area contributed by atoms with Crippen LogP contribution in [0.4, 0.5) is 11.4 Å². The predicted octanol–water partition coefficient (Wildman–Crippen LogP) is 3.61. The van der Waals surface area contributed by atoms with Gasteiger partial charge in [0.2, 0.25) is 0 Å². The molecular weight excluding hydrogens is 380 g/mol. The quantitative estimate of drug-likeness (QED) is 0.749. The Hall–Kier alpha value is -2.08. The molecule has 6 nitrogen and oxygen atoms in total. The van der Waals surface area contributed by atoms with Crippen LogP contribution in [0.15, 0.2) is 24.3 Å². The van der Waals surface area contributed by atoms with Crippen molar-refractivity contribution in [1.29, 1.82) is 0 Å². The molecule has 1 amide bonds. The molecule has 0 unspecified atom stereocenters. The minimum atomic E-state index is -0.788. The summed E-state index contributed by atoms with van der Waals surface area (Å²) in [5.74, 6) is 1.62. The van der Waals surface area contributed by atoms with E-state index in [1.807, 2.05) is 24.3 Å². The zero-order valence-electron chi connectivity index (χ0n) is 17.8. The maximum Gasteiger partial charge on any atom is 0.312 e. The summed E-state index contributed by atoms with van der Waals surface area (Å²) in [6.45, 7) is 4.91. The minimum absolute atomic E-state index is 0.146. The maximum atomic E-state index is 13.1. The first kappa shape index (κ1) is 19.9. The molecule has 5 aliphatic rings. The molecule has 4 bridgehead atoms. The molecule has 1 aliphatic heterocycles. The molecule has 0 radical (unpaired) electrons. The molecule has 1 aromatic rings. The highest BCUT2D eigenvalue weighted by Crippen LogP contribution is 2.60. The lowest BCUT2D eigenvalue weighted by atomic mass is 9.49. The summed E-state index contributed by atoms with van der Waals surface area (Å²) >= 11 is 0. The van der Waals surface area contributed by atoms with Gasteiger partial charge in [-0.15, -0.1) is 0 Å². The predicted molar refractivity (Wildman–Crippen MR) is 114 cm³/mol. The summed E-state index contributed by atoms with van der Waals surface area (Å²) < 4.78 is 11.1. The SMILES string of the molecule is C[C@@H](OC(=O)C12CC3CC(CC(C3)C1)C2)C(=O)Nc1ccc(N2CCOCC2)cc1. The zero-order chi connectivity index (χ0) is 20.7. The first-order valence-electron chi connectivity index (χ1n) is 11.5. The van der Waals surface area contributed by atoms with Crippen molar-refractivity contribution < 1.29 is 19.1 Å².